The summed E-state index contributed by atoms with van der Waals surface area (Å²) in [5, 5.41) is 2.76. The minimum Gasteiger partial charge on any atom is -0.467 e. The lowest BCUT2D eigenvalue weighted by Crippen LogP contribution is -2.33. The Morgan fingerprint density at radius 3 is 2.68 bits per heavy atom. The molecule has 2 rings (SSSR count). The summed E-state index contributed by atoms with van der Waals surface area (Å²) in [5.74, 6) is 0.529. The van der Waals surface area contributed by atoms with Crippen LogP contribution in [0.2, 0.25) is 0 Å². The molecule has 0 aromatic carbocycles. The van der Waals surface area contributed by atoms with Gasteiger partial charge >= 0.3 is 0 Å². The van der Waals surface area contributed by atoms with Crippen LogP contribution < -0.4 is 5.32 Å². The molecule has 0 aliphatic carbocycles. The summed E-state index contributed by atoms with van der Waals surface area (Å²) in [6.07, 6.45) is 5.19. The second-order valence-corrected chi connectivity index (χ2v) is 4.90. The minimum absolute atomic E-state index is 0.0596. The van der Waals surface area contributed by atoms with E-state index in [2.05, 4.69) is 10.3 Å². The second-order valence-electron chi connectivity index (χ2n) is 4.90. The Morgan fingerprint density at radius 1 is 1.27 bits per heavy atom. The van der Waals surface area contributed by atoms with E-state index >= 15 is 0 Å². The fourth-order valence-electron chi connectivity index (χ4n) is 1.98. The Bertz CT molecular complexity index is 596. The molecule has 0 aliphatic heterocycles. The summed E-state index contributed by atoms with van der Waals surface area (Å²) in [4.78, 5) is 29.1. The van der Waals surface area contributed by atoms with E-state index in [0.29, 0.717) is 25.4 Å². The van der Waals surface area contributed by atoms with E-state index in [4.69, 9.17) is 4.42 Å². The number of carbonyl (C=O) groups excluding carboxylic acids is 2. The lowest BCUT2D eigenvalue weighted by molar-refractivity contribution is -0.130. The molecule has 0 saturated carbocycles. The van der Waals surface area contributed by atoms with Gasteiger partial charge in [-0.2, -0.15) is 0 Å². The van der Waals surface area contributed by atoms with Crippen LogP contribution in [-0.4, -0.2) is 28.2 Å². The molecule has 0 bridgehead atoms. The number of furan rings is 1. The van der Waals surface area contributed by atoms with Crippen molar-refractivity contribution in [3.05, 3.63) is 54.2 Å². The van der Waals surface area contributed by atoms with Crippen molar-refractivity contribution in [2.24, 2.45) is 0 Å². The van der Waals surface area contributed by atoms with Crippen LogP contribution >= 0.6 is 0 Å². The maximum atomic E-state index is 11.8. The molecule has 2 aromatic heterocycles. The number of amides is 2. The Balaban J connectivity index is 1.78. The van der Waals surface area contributed by atoms with Gasteiger partial charge in [-0.25, -0.2) is 0 Å². The van der Waals surface area contributed by atoms with E-state index in [1.54, 1.807) is 35.7 Å². The zero-order valence-electron chi connectivity index (χ0n) is 12.5. The zero-order valence-corrected chi connectivity index (χ0v) is 12.5. The summed E-state index contributed by atoms with van der Waals surface area (Å²) in [5.41, 5.74) is 0.987. The predicted molar refractivity (Wildman–Crippen MR) is 80.5 cm³/mol. The molecule has 22 heavy (non-hydrogen) atoms. The van der Waals surface area contributed by atoms with Gasteiger partial charge in [0.2, 0.25) is 11.8 Å². The van der Waals surface area contributed by atoms with Crippen LogP contribution in [0, 0.1) is 0 Å². The van der Waals surface area contributed by atoms with Crippen molar-refractivity contribution < 1.29 is 14.0 Å². The molecule has 2 heterocycles. The quantitative estimate of drug-likeness (QED) is 0.845. The Labute approximate surface area is 129 Å². The van der Waals surface area contributed by atoms with Gasteiger partial charge in [0.05, 0.1) is 12.8 Å². The van der Waals surface area contributed by atoms with Gasteiger partial charge in [-0.1, -0.05) is 0 Å². The number of hydrogen-bond donors (Lipinski definition) is 1. The Hall–Kier alpha value is -2.63. The average Bonchev–Trinajstić information content (AvgIpc) is 3.03. The third-order valence-corrected chi connectivity index (χ3v) is 3.22. The maximum absolute atomic E-state index is 11.8. The molecule has 1 N–H and O–H groups in total. The van der Waals surface area contributed by atoms with Crippen LogP contribution in [-0.2, 0) is 22.7 Å². The molecule has 2 amide bonds. The molecule has 2 aromatic rings. The number of hydrogen-bond acceptors (Lipinski definition) is 4. The molecular formula is C16H19N3O3. The average molecular weight is 301 g/mol. The molecule has 0 saturated heterocycles. The van der Waals surface area contributed by atoms with Gasteiger partial charge in [-0.3, -0.25) is 14.6 Å². The summed E-state index contributed by atoms with van der Waals surface area (Å²) in [6, 6.07) is 7.28. The van der Waals surface area contributed by atoms with E-state index < -0.39 is 0 Å². The van der Waals surface area contributed by atoms with Crippen molar-refractivity contribution in [2.75, 3.05) is 6.54 Å². The van der Waals surface area contributed by atoms with Gasteiger partial charge in [0.25, 0.3) is 0 Å². The van der Waals surface area contributed by atoms with Crippen molar-refractivity contribution in [2.45, 2.75) is 26.4 Å². The standard InChI is InChI=1S/C16H19N3O3/c1-13(20)19(12-14-4-7-17-8-5-14)9-6-16(21)18-11-15-3-2-10-22-15/h2-5,7-8,10H,6,9,11-12H2,1H3,(H,18,21). The first kappa shape index (κ1) is 15.8. The van der Waals surface area contributed by atoms with Crippen molar-refractivity contribution >= 4 is 11.8 Å². The molecule has 6 heteroatoms. The molecule has 0 unspecified atom stereocenters. The predicted octanol–water partition coefficient (Wildman–Crippen LogP) is 1.73. The summed E-state index contributed by atoms with van der Waals surface area (Å²) < 4.78 is 5.14. The molecule has 116 valence electrons. The van der Waals surface area contributed by atoms with Crippen LogP contribution in [0.1, 0.15) is 24.7 Å². The fraction of sp³-hybridized carbons (Fsp3) is 0.312. The Kier molecular flexibility index (Phi) is 5.71. The van der Waals surface area contributed by atoms with E-state index in [0.717, 1.165) is 5.56 Å². The molecule has 0 aliphatic rings. The van der Waals surface area contributed by atoms with Crippen molar-refractivity contribution in [1.29, 1.82) is 0 Å². The van der Waals surface area contributed by atoms with Crippen LogP contribution in [0.25, 0.3) is 0 Å². The minimum atomic E-state index is -0.114. The van der Waals surface area contributed by atoms with Gasteiger partial charge in [-0.15, -0.1) is 0 Å². The highest BCUT2D eigenvalue weighted by atomic mass is 16.3. The van der Waals surface area contributed by atoms with E-state index in [9.17, 15) is 9.59 Å². The number of pyridine rings is 1. The smallest absolute Gasteiger partial charge is 0.222 e. The lowest BCUT2D eigenvalue weighted by Gasteiger charge is -2.20. The highest BCUT2D eigenvalue weighted by molar-refractivity contribution is 5.77. The maximum Gasteiger partial charge on any atom is 0.222 e. The van der Waals surface area contributed by atoms with Gasteiger partial charge in [0.1, 0.15) is 5.76 Å². The van der Waals surface area contributed by atoms with Gasteiger partial charge in [0, 0.05) is 38.8 Å². The summed E-state index contributed by atoms with van der Waals surface area (Å²) in [7, 11) is 0. The van der Waals surface area contributed by atoms with Crippen molar-refractivity contribution in [1.82, 2.24) is 15.2 Å². The fourth-order valence-corrected chi connectivity index (χ4v) is 1.98. The van der Waals surface area contributed by atoms with Crippen LogP contribution in [0.15, 0.2) is 47.3 Å². The first-order chi connectivity index (χ1) is 10.6. The molecular weight excluding hydrogens is 282 g/mol. The van der Waals surface area contributed by atoms with E-state index in [1.165, 1.54) is 6.92 Å². The highest BCUT2D eigenvalue weighted by Gasteiger charge is 2.12. The van der Waals surface area contributed by atoms with Crippen LogP contribution in [0.5, 0.6) is 0 Å². The second kappa shape index (κ2) is 7.97. The SMILES string of the molecule is CC(=O)N(CCC(=O)NCc1ccco1)Cc1ccncc1. The number of rotatable bonds is 7. The van der Waals surface area contributed by atoms with Crippen LogP contribution in [0.3, 0.4) is 0 Å². The number of aromatic nitrogens is 1. The van der Waals surface area contributed by atoms with E-state index in [-0.39, 0.29) is 18.2 Å². The van der Waals surface area contributed by atoms with Gasteiger partial charge < -0.3 is 14.6 Å². The monoisotopic (exact) mass is 301 g/mol. The zero-order chi connectivity index (χ0) is 15.8. The molecule has 0 radical (unpaired) electrons. The van der Waals surface area contributed by atoms with Crippen molar-refractivity contribution in [3.8, 4) is 0 Å². The third kappa shape index (κ3) is 5.05. The molecule has 6 nitrogen and oxygen atoms in total. The van der Waals surface area contributed by atoms with Crippen molar-refractivity contribution in [3.63, 3.8) is 0 Å². The highest BCUT2D eigenvalue weighted by Crippen LogP contribution is 2.05. The number of nitrogens with one attached hydrogen (secondary N) is 1. The van der Waals surface area contributed by atoms with E-state index in [1.807, 2.05) is 12.1 Å². The summed E-state index contributed by atoms with van der Waals surface area (Å²) >= 11 is 0. The first-order valence-electron chi connectivity index (χ1n) is 7.08. The number of carbonyl (C=O) groups is 2. The lowest BCUT2D eigenvalue weighted by atomic mass is 10.2. The summed E-state index contributed by atoms with van der Waals surface area (Å²) in [6.45, 7) is 2.71. The normalized spacial score (nSPS) is 10.2. The van der Waals surface area contributed by atoms with Crippen LogP contribution in [0.4, 0.5) is 0 Å². The largest absolute Gasteiger partial charge is 0.467 e. The Morgan fingerprint density at radius 2 is 2.05 bits per heavy atom. The number of nitrogens with zero attached hydrogens (tertiary/aromatic N) is 2. The molecule has 0 spiro atoms. The molecule has 0 fully saturated rings. The first-order valence-corrected chi connectivity index (χ1v) is 7.08. The third-order valence-electron chi connectivity index (χ3n) is 3.22. The van der Waals surface area contributed by atoms with Gasteiger partial charge in [0.15, 0.2) is 0 Å². The topological polar surface area (TPSA) is 75.4 Å². The van der Waals surface area contributed by atoms with Gasteiger partial charge in [-0.05, 0) is 29.8 Å². The molecule has 0 atom stereocenters.